The van der Waals surface area contributed by atoms with Gasteiger partial charge in [0.05, 0.1) is 17.2 Å². The molecule has 1 N–H and O–H groups in total. The van der Waals surface area contributed by atoms with Gasteiger partial charge in [0.2, 0.25) is 11.8 Å². The van der Waals surface area contributed by atoms with E-state index in [1.165, 1.54) is 10.9 Å². The highest BCUT2D eigenvalue weighted by Gasteiger charge is 2.25. The van der Waals surface area contributed by atoms with Crippen LogP contribution in [0.15, 0.2) is 29.3 Å². The lowest BCUT2D eigenvalue weighted by molar-refractivity contribution is -0.134. The lowest BCUT2D eigenvalue weighted by atomic mass is 10.0. The third kappa shape index (κ3) is 4.18. The predicted molar refractivity (Wildman–Crippen MR) is 103 cm³/mol. The molecule has 0 radical (unpaired) electrons. The molecule has 144 valence electrons. The van der Waals surface area contributed by atoms with Crippen LogP contribution < -0.4 is 10.9 Å². The third-order valence-corrected chi connectivity index (χ3v) is 5.01. The number of amides is 2. The van der Waals surface area contributed by atoms with Crippen molar-refractivity contribution >= 4 is 22.7 Å². The fourth-order valence-corrected chi connectivity index (χ4v) is 3.39. The first-order valence-electron chi connectivity index (χ1n) is 9.39. The Morgan fingerprint density at radius 1 is 1.33 bits per heavy atom. The van der Waals surface area contributed by atoms with Gasteiger partial charge in [0, 0.05) is 25.0 Å². The van der Waals surface area contributed by atoms with E-state index in [9.17, 15) is 14.4 Å². The van der Waals surface area contributed by atoms with Crippen molar-refractivity contribution in [1.29, 1.82) is 0 Å². The Balaban J connectivity index is 1.72. The number of likely N-dealkylation sites (tertiary alicyclic amines) is 1. The number of rotatable bonds is 4. The maximum atomic E-state index is 12.7. The smallest absolute Gasteiger partial charge is 0.261 e. The van der Waals surface area contributed by atoms with Crippen LogP contribution in [0.25, 0.3) is 10.9 Å². The van der Waals surface area contributed by atoms with Gasteiger partial charge in [-0.1, -0.05) is 26.0 Å². The van der Waals surface area contributed by atoms with Crippen LogP contribution in [0.5, 0.6) is 0 Å². The normalized spacial score (nSPS) is 17.3. The summed E-state index contributed by atoms with van der Waals surface area (Å²) in [5.41, 5.74) is 1.39. The van der Waals surface area contributed by atoms with Crippen LogP contribution in [0.4, 0.5) is 0 Å². The predicted octanol–water partition coefficient (Wildman–Crippen LogP) is 1.47. The minimum absolute atomic E-state index is 0.000354. The van der Waals surface area contributed by atoms with Gasteiger partial charge < -0.3 is 10.2 Å². The average Bonchev–Trinajstić information content (AvgIpc) is 2.64. The molecule has 1 aliphatic rings. The fourth-order valence-electron chi connectivity index (χ4n) is 3.39. The molecule has 0 bridgehead atoms. The number of aryl methyl sites for hydroxylation is 1. The highest BCUT2D eigenvalue weighted by atomic mass is 16.2. The molecule has 3 rings (SSSR count). The largest absolute Gasteiger partial charge is 0.351 e. The van der Waals surface area contributed by atoms with Crippen LogP contribution in [-0.2, 0) is 16.1 Å². The molecule has 0 aliphatic carbocycles. The summed E-state index contributed by atoms with van der Waals surface area (Å²) in [6, 6.07) is 5.42. The van der Waals surface area contributed by atoms with E-state index in [0.29, 0.717) is 24.0 Å². The van der Waals surface area contributed by atoms with Gasteiger partial charge in [-0.05, 0) is 31.4 Å². The van der Waals surface area contributed by atoms with E-state index in [1.807, 2.05) is 32.9 Å². The number of fused-ring (bicyclic) bond motifs is 1. The van der Waals surface area contributed by atoms with Crippen molar-refractivity contribution in [1.82, 2.24) is 19.8 Å². The van der Waals surface area contributed by atoms with E-state index in [4.69, 9.17) is 0 Å². The highest BCUT2D eigenvalue weighted by molar-refractivity contribution is 5.81. The molecule has 1 fully saturated rings. The Hall–Kier alpha value is -2.70. The van der Waals surface area contributed by atoms with Crippen molar-refractivity contribution in [3.63, 3.8) is 0 Å². The zero-order chi connectivity index (χ0) is 19.6. The van der Waals surface area contributed by atoms with E-state index in [2.05, 4.69) is 10.3 Å². The summed E-state index contributed by atoms with van der Waals surface area (Å²) < 4.78 is 1.36. The van der Waals surface area contributed by atoms with Gasteiger partial charge in [-0.25, -0.2) is 4.98 Å². The van der Waals surface area contributed by atoms with E-state index in [0.717, 1.165) is 18.4 Å². The number of carbonyl (C=O) groups is 2. The Bertz CT molecular complexity index is 919. The van der Waals surface area contributed by atoms with Crippen LogP contribution in [0.1, 0.15) is 32.3 Å². The van der Waals surface area contributed by atoms with E-state index < -0.39 is 0 Å². The molecule has 1 atom stereocenters. The SMILES string of the molecule is Cc1cccc2c(=O)n(CC(=O)N3CCC[C@H](NC(=O)C(C)C)C3)cnc12. The van der Waals surface area contributed by atoms with Gasteiger partial charge in [0.25, 0.3) is 5.56 Å². The first-order valence-corrected chi connectivity index (χ1v) is 9.39. The van der Waals surface area contributed by atoms with E-state index in [1.54, 1.807) is 11.0 Å². The summed E-state index contributed by atoms with van der Waals surface area (Å²) in [5, 5.41) is 3.51. The molecule has 1 aromatic heterocycles. The quantitative estimate of drug-likeness (QED) is 0.883. The van der Waals surface area contributed by atoms with Crippen molar-refractivity contribution in [3.05, 3.63) is 40.4 Å². The number of para-hydroxylation sites is 1. The van der Waals surface area contributed by atoms with Crippen LogP contribution in [-0.4, -0.2) is 45.4 Å². The second-order valence-corrected chi connectivity index (χ2v) is 7.49. The summed E-state index contributed by atoms with van der Waals surface area (Å²) in [4.78, 5) is 43.4. The van der Waals surface area contributed by atoms with Crippen LogP contribution >= 0.6 is 0 Å². The number of nitrogens with one attached hydrogen (secondary N) is 1. The Labute approximate surface area is 158 Å². The molecular weight excluding hydrogens is 344 g/mol. The first kappa shape index (κ1) is 19.1. The molecule has 1 saturated heterocycles. The molecule has 1 aliphatic heterocycles. The monoisotopic (exact) mass is 370 g/mol. The van der Waals surface area contributed by atoms with E-state index in [-0.39, 0.29) is 35.9 Å². The molecule has 0 saturated carbocycles. The molecule has 2 aromatic rings. The standard InChI is InChI=1S/C20H26N4O3/c1-13(2)19(26)22-15-7-5-9-23(10-15)17(25)11-24-12-21-18-14(3)6-4-8-16(18)20(24)27/h4,6,8,12-13,15H,5,7,9-11H2,1-3H3,(H,22,26)/t15-/m0/s1. The first-order chi connectivity index (χ1) is 12.9. The topological polar surface area (TPSA) is 84.3 Å². The Morgan fingerprint density at radius 3 is 2.85 bits per heavy atom. The summed E-state index contributed by atoms with van der Waals surface area (Å²) in [6.45, 7) is 6.68. The van der Waals surface area contributed by atoms with Gasteiger partial charge in [-0.2, -0.15) is 0 Å². The van der Waals surface area contributed by atoms with Crippen LogP contribution in [0, 0.1) is 12.8 Å². The summed E-state index contributed by atoms with van der Waals surface area (Å²) in [5.74, 6) is -0.212. The minimum Gasteiger partial charge on any atom is -0.351 e. The Morgan fingerprint density at radius 2 is 2.11 bits per heavy atom. The van der Waals surface area contributed by atoms with Gasteiger partial charge in [0.1, 0.15) is 6.54 Å². The lowest BCUT2D eigenvalue weighted by Crippen LogP contribution is -2.51. The molecule has 0 spiro atoms. The number of aromatic nitrogens is 2. The average molecular weight is 370 g/mol. The summed E-state index contributed by atoms with van der Waals surface area (Å²) in [7, 11) is 0. The molecule has 7 heteroatoms. The van der Waals surface area contributed by atoms with E-state index >= 15 is 0 Å². The zero-order valence-electron chi connectivity index (χ0n) is 16.1. The number of carbonyl (C=O) groups excluding carboxylic acids is 2. The summed E-state index contributed by atoms with van der Waals surface area (Å²) >= 11 is 0. The molecule has 7 nitrogen and oxygen atoms in total. The number of hydrogen-bond donors (Lipinski definition) is 1. The van der Waals surface area contributed by atoms with Gasteiger partial charge in [-0.3, -0.25) is 19.0 Å². The summed E-state index contributed by atoms with van der Waals surface area (Å²) in [6.07, 6.45) is 3.13. The number of hydrogen-bond acceptors (Lipinski definition) is 4. The van der Waals surface area contributed by atoms with Crippen molar-refractivity contribution in [2.75, 3.05) is 13.1 Å². The van der Waals surface area contributed by atoms with Crippen molar-refractivity contribution in [2.45, 2.75) is 46.2 Å². The second kappa shape index (κ2) is 7.90. The van der Waals surface area contributed by atoms with Gasteiger partial charge >= 0.3 is 0 Å². The van der Waals surface area contributed by atoms with Crippen LogP contribution in [0.2, 0.25) is 0 Å². The minimum atomic E-state index is -0.210. The maximum absolute atomic E-state index is 12.7. The lowest BCUT2D eigenvalue weighted by Gasteiger charge is -2.33. The second-order valence-electron chi connectivity index (χ2n) is 7.49. The molecule has 2 heterocycles. The maximum Gasteiger partial charge on any atom is 0.261 e. The number of benzene rings is 1. The highest BCUT2D eigenvalue weighted by Crippen LogP contribution is 2.13. The number of piperidine rings is 1. The zero-order valence-corrected chi connectivity index (χ0v) is 16.1. The Kier molecular flexibility index (Phi) is 5.58. The molecule has 1 aromatic carbocycles. The third-order valence-electron chi connectivity index (χ3n) is 5.01. The molecule has 27 heavy (non-hydrogen) atoms. The van der Waals surface area contributed by atoms with Crippen molar-refractivity contribution < 1.29 is 9.59 Å². The molecule has 0 unspecified atom stereocenters. The number of nitrogens with zero attached hydrogens (tertiary/aromatic N) is 3. The fraction of sp³-hybridized carbons (Fsp3) is 0.500. The molecular formula is C20H26N4O3. The van der Waals surface area contributed by atoms with Gasteiger partial charge in [-0.15, -0.1) is 0 Å². The van der Waals surface area contributed by atoms with Crippen LogP contribution in [0.3, 0.4) is 0 Å². The van der Waals surface area contributed by atoms with Crippen molar-refractivity contribution in [3.8, 4) is 0 Å². The molecule has 2 amide bonds. The van der Waals surface area contributed by atoms with Gasteiger partial charge in [0.15, 0.2) is 0 Å². The van der Waals surface area contributed by atoms with Crippen molar-refractivity contribution in [2.24, 2.45) is 5.92 Å².